The molecule has 0 saturated carbocycles. The van der Waals surface area contributed by atoms with Gasteiger partial charge in [-0.3, -0.25) is 0 Å². The van der Waals surface area contributed by atoms with E-state index in [4.69, 9.17) is 0 Å². The molecular formula is C9H21NSi. The van der Waals surface area contributed by atoms with Gasteiger partial charge in [0.25, 0.3) is 0 Å². The van der Waals surface area contributed by atoms with Crippen LogP contribution in [-0.4, -0.2) is 16.3 Å². The molecule has 2 heteroatoms. The standard InChI is InChI=1S/C9H21NSi/c1-6-7(2)10-8(3)9(4,5)11/h7,10H,3,6H2,1-2,4-5,11H3. The van der Waals surface area contributed by atoms with Gasteiger partial charge in [0.15, 0.2) is 0 Å². The summed E-state index contributed by atoms with van der Waals surface area (Å²) in [6.45, 7) is 12.9. The van der Waals surface area contributed by atoms with Crippen molar-refractivity contribution in [3.8, 4) is 0 Å². The van der Waals surface area contributed by atoms with E-state index in [-0.39, 0.29) is 0 Å². The van der Waals surface area contributed by atoms with Crippen molar-refractivity contribution in [1.29, 1.82) is 0 Å². The summed E-state index contributed by atoms with van der Waals surface area (Å²) in [4.78, 5) is 0. The summed E-state index contributed by atoms with van der Waals surface area (Å²) >= 11 is 0. The SMILES string of the molecule is C=C(NC(C)CC)C(C)(C)[SiH3]. The molecule has 1 atom stereocenters. The first-order chi connectivity index (χ1) is 4.88. The zero-order chi connectivity index (χ0) is 9.07. The molecule has 1 N–H and O–H groups in total. The molecular weight excluding hydrogens is 150 g/mol. The average Bonchev–Trinajstić information content (AvgIpc) is 1.85. The fraction of sp³-hybridized carbons (Fsp3) is 0.778. The first-order valence-electron chi connectivity index (χ1n) is 4.33. The first kappa shape index (κ1) is 10.8. The summed E-state index contributed by atoms with van der Waals surface area (Å²) in [6, 6.07) is 0.565. The molecule has 0 aromatic carbocycles. The van der Waals surface area contributed by atoms with E-state index in [0.717, 1.165) is 16.7 Å². The molecule has 0 saturated heterocycles. The molecule has 0 rings (SSSR count). The van der Waals surface area contributed by atoms with Gasteiger partial charge in [-0.15, -0.1) is 0 Å². The van der Waals surface area contributed by atoms with Crippen molar-refractivity contribution in [2.75, 3.05) is 0 Å². The molecule has 0 amide bonds. The predicted octanol–water partition coefficient (Wildman–Crippen LogP) is 1.45. The average molecular weight is 171 g/mol. The van der Waals surface area contributed by atoms with Gasteiger partial charge in [-0.05, 0) is 18.4 Å². The Morgan fingerprint density at radius 3 is 2.36 bits per heavy atom. The summed E-state index contributed by atoms with van der Waals surface area (Å²) < 4.78 is 0. The molecule has 0 aromatic rings. The molecule has 0 radical (unpaired) electrons. The van der Waals surface area contributed by atoms with Crippen molar-refractivity contribution >= 4 is 10.2 Å². The molecule has 1 nitrogen and oxygen atoms in total. The third kappa shape index (κ3) is 4.25. The molecule has 0 spiro atoms. The molecule has 0 aliphatic rings. The highest BCUT2D eigenvalue weighted by Crippen LogP contribution is 2.26. The van der Waals surface area contributed by atoms with E-state index < -0.39 is 0 Å². The van der Waals surface area contributed by atoms with E-state index in [1.807, 2.05) is 0 Å². The maximum Gasteiger partial charge on any atom is 0.0227 e. The summed E-state index contributed by atoms with van der Waals surface area (Å²) in [5, 5.41) is 3.73. The minimum atomic E-state index is 0.323. The smallest absolute Gasteiger partial charge is 0.0227 e. The summed E-state index contributed by atoms with van der Waals surface area (Å²) in [5.74, 6) is 0. The summed E-state index contributed by atoms with van der Waals surface area (Å²) in [5.41, 5.74) is 1.19. The van der Waals surface area contributed by atoms with E-state index >= 15 is 0 Å². The van der Waals surface area contributed by atoms with Crippen LogP contribution in [0.5, 0.6) is 0 Å². The van der Waals surface area contributed by atoms with Crippen LogP contribution < -0.4 is 5.32 Å². The summed E-state index contributed by atoms with van der Waals surface area (Å²) in [6.07, 6.45) is 1.16. The highest BCUT2D eigenvalue weighted by Gasteiger charge is 2.15. The van der Waals surface area contributed by atoms with Crippen molar-refractivity contribution in [3.05, 3.63) is 12.3 Å². The number of allylic oxidation sites excluding steroid dienone is 1. The molecule has 0 bridgehead atoms. The monoisotopic (exact) mass is 171 g/mol. The van der Waals surface area contributed by atoms with E-state index in [1.54, 1.807) is 0 Å². The van der Waals surface area contributed by atoms with Gasteiger partial charge in [-0.2, -0.15) is 0 Å². The van der Waals surface area contributed by atoms with Gasteiger partial charge in [-0.1, -0.05) is 27.4 Å². The van der Waals surface area contributed by atoms with Crippen LogP contribution in [-0.2, 0) is 0 Å². The molecule has 0 fully saturated rings. The lowest BCUT2D eigenvalue weighted by Crippen LogP contribution is -2.29. The summed E-state index contributed by atoms with van der Waals surface area (Å²) in [7, 11) is 1.16. The Bertz CT molecular complexity index is 135. The molecule has 0 aliphatic heterocycles. The Hall–Kier alpha value is -0.243. The van der Waals surface area contributed by atoms with Crippen molar-refractivity contribution in [1.82, 2.24) is 5.32 Å². The lowest BCUT2D eigenvalue weighted by atomic mass is 10.1. The fourth-order valence-corrected chi connectivity index (χ4v) is 0.760. The van der Waals surface area contributed by atoms with Gasteiger partial charge in [0.05, 0.1) is 0 Å². The third-order valence-electron chi connectivity index (χ3n) is 1.94. The molecule has 0 aliphatic carbocycles. The largest absolute Gasteiger partial charge is 0.386 e. The number of nitrogens with one attached hydrogen (secondary N) is 1. The molecule has 0 aromatic heterocycles. The van der Waals surface area contributed by atoms with Gasteiger partial charge < -0.3 is 5.32 Å². The zero-order valence-corrected chi connectivity index (χ0v) is 10.5. The van der Waals surface area contributed by atoms with Crippen molar-refractivity contribution in [2.24, 2.45) is 0 Å². The Labute approximate surface area is 73.7 Å². The minimum Gasteiger partial charge on any atom is -0.386 e. The highest BCUT2D eigenvalue weighted by atomic mass is 28.1. The van der Waals surface area contributed by atoms with Crippen LogP contribution >= 0.6 is 0 Å². The number of rotatable bonds is 4. The Morgan fingerprint density at radius 1 is 1.64 bits per heavy atom. The second-order valence-corrected chi connectivity index (χ2v) is 6.68. The lowest BCUT2D eigenvalue weighted by molar-refractivity contribution is 0.555. The van der Waals surface area contributed by atoms with Crippen molar-refractivity contribution < 1.29 is 0 Å². The third-order valence-corrected chi connectivity index (χ3v) is 2.54. The van der Waals surface area contributed by atoms with Crippen LogP contribution in [0.4, 0.5) is 0 Å². The van der Waals surface area contributed by atoms with Gasteiger partial charge in [0.2, 0.25) is 0 Å². The van der Waals surface area contributed by atoms with Gasteiger partial charge in [0, 0.05) is 22.0 Å². The van der Waals surface area contributed by atoms with E-state index in [1.165, 1.54) is 5.70 Å². The molecule has 11 heavy (non-hydrogen) atoms. The maximum absolute atomic E-state index is 4.04. The van der Waals surface area contributed by atoms with E-state index in [0.29, 0.717) is 11.1 Å². The van der Waals surface area contributed by atoms with E-state index in [9.17, 15) is 0 Å². The lowest BCUT2D eigenvalue weighted by Gasteiger charge is -2.26. The topological polar surface area (TPSA) is 12.0 Å². The van der Waals surface area contributed by atoms with Crippen LogP contribution in [0.15, 0.2) is 12.3 Å². The van der Waals surface area contributed by atoms with Crippen LogP contribution in [0, 0.1) is 0 Å². The second-order valence-electron chi connectivity index (χ2n) is 4.18. The predicted molar refractivity (Wildman–Crippen MR) is 56.0 cm³/mol. The number of hydrogen-bond acceptors (Lipinski definition) is 1. The molecule has 0 heterocycles. The fourth-order valence-electron chi connectivity index (χ4n) is 0.616. The Morgan fingerprint density at radius 2 is 2.09 bits per heavy atom. The van der Waals surface area contributed by atoms with Crippen LogP contribution in [0.3, 0.4) is 0 Å². The second kappa shape index (κ2) is 3.95. The highest BCUT2D eigenvalue weighted by molar-refractivity contribution is 6.16. The van der Waals surface area contributed by atoms with Crippen LogP contribution in [0.2, 0.25) is 5.04 Å². The van der Waals surface area contributed by atoms with E-state index in [2.05, 4.69) is 39.6 Å². The molecule has 1 unspecified atom stereocenters. The van der Waals surface area contributed by atoms with Crippen molar-refractivity contribution in [3.63, 3.8) is 0 Å². The zero-order valence-electron chi connectivity index (χ0n) is 8.49. The Kier molecular flexibility index (Phi) is 3.87. The Balaban J connectivity index is 3.88. The van der Waals surface area contributed by atoms with Gasteiger partial charge in [-0.25, -0.2) is 0 Å². The van der Waals surface area contributed by atoms with Crippen LogP contribution in [0.25, 0.3) is 0 Å². The van der Waals surface area contributed by atoms with Crippen LogP contribution in [0.1, 0.15) is 34.1 Å². The van der Waals surface area contributed by atoms with Crippen molar-refractivity contribution in [2.45, 2.75) is 45.2 Å². The number of hydrogen-bond donors (Lipinski definition) is 1. The maximum atomic E-state index is 4.04. The molecule has 66 valence electrons. The quantitative estimate of drug-likeness (QED) is 0.631. The normalized spacial score (nSPS) is 14.5. The minimum absolute atomic E-state index is 0.323. The van der Waals surface area contributed by atoms with Gasteiger partial charge in [0.1, 0.15) is 0 Å². The van der Waals surface area contributed by atoms with Gasteiger partial charge >= 0.3 is 0 Å². The first-order valence-corrected chi connectivity index (χ1v) is 5.33.